The topological polar surface area (TPSA) is 23.8 Å². The van der Waals surface area contributed by atoms with E-state index in [1.165, 1.54) is 0 Å². The van der Waals surface area contributed by atoms with E-state index in [2.05, 4.69) is 0 Å². The molecule has 0 aliphatic rings. The van der Waals surface area contributed by atoms with E-state index in [4.69, 9.17) is 16.9 Å². The van der Waals surface area contributed by atoms with Gasteiger partial charge in [0.25, 0.3) is 0 Å². The van der Waals surface area contributed by atoms with E-state index in [0.29, 0.717) is 0 Å². The number of nitrogens with zero attached hydrogens (tertiary/aromatic N) is 1. The molecule has 0 aliphatic carbocycles. The lowest BCUT2D eigenvalue weighted by atomic mass is 10.4. The second kappa shape index (κ2) is 2.19. The molecule has 0 rings (SSSR count). The maximum atomic E-state index is 11.5. The normalized spacial score (nSPS) is 18.6. The summed E-state index contributed by atoms with van der Waals surface area (Å²) in [5, 5.41) is 7.86. The summed E-state index contributed by atoms with van der Waals surface area (Å²) in [5.41, 5.74) is 0. The predicted molar refractivity (Wildman–Crippen MR) is 30.2 cm³/mol. The van der Waals surface area contributed by atoms with Gasteiger partial charge in [-0.05, 0) is 0 Å². The molecule has 0 bridgehead atoms. The second-order valence-corrected chi connectivity index (χ2v) is 4.50. The van der Waals surface area contributed by atoms with Gasteiger partial charge in [0.2, 0.25) is 4.50 Å². The molecule has 0 heterocycles. The van der Waals surface area contributed by atoms with Gasteiger partial charge in [0.15, 0.2) is 0 Å². The molecule has 9 heavy (non-hydrogen) atoms. The average Bonchev–Trinajstić information content (AvgIpc) is 1.64. The fourth-order valence-electron chi connectivity index (χ4n) is 0.0634. The lowest BCUT2D eigenvalue weighted by molar-refractivity contribution is -0.130. The molecular weight excluding hydrogens is 171 g/mol. The molecule has 0 amide bonds. The van der Waals surface area contributed by atoms with E-state index in [1.807, 2.05) is 0 Å². The first kappa shape index (κ1) is 8.79. The highest BCUT2D eigenvalue weighted by Crippen LogP contribution is 2.32. The first-order valence-corrected chi connectivity index (χ1v) is 3.36. The van der Waals surface area contributed by atoms with Crippen molar-refractivity contribution < 1.29 is 13.2 Å². The summed E-state index contributed by atoms with van der Waals surface area (Å²) in [6.07, 6.45) is -4.59. The van der Waals surface area contributed by atoms with Gasteiger partial charge < -0.3 is 0 Å². The van der Waals surface area contributed by atoms with Crippen LogP contribution in [-0.2, 0) is 0 Å². The zero-order valence-corrected chi connectivity index (χ0v) is 7.22. The van der Waals surface area contributed by atoms with Crippen molar-refractivity contribution in [3.8, 4) is 6.07 Å². The Labute approximate surface area is 57.8 Å². The Morgan fingerprint density at radius 2 is 1.78 bits per heavy atom. The number of hydrogen-bond donors (Lipinski definition) is 0. The van der Waals surface area contributed by atoms with Gasteiger partial charge in [-0.15, -0.1) is 0 Å². The highest BCUT2D eigenvalue weighted by atomic mass is 35.5. The average molecular weight is 174 g/mol. The molecule has 1 nitrogen and oxygen atoms in total. The summed E-state index contributed by atoms with van der Waals surface area (Å²) in [7, 11) is -0.413. The smallest absolute Gasteiger partial charge is 0.196 e. The van der Waals surface area contributed by atoms with Gasteiger partial charge in [0, 0.05) is 0 Å². The molecule has 0 radical (unpaired) electrons. The summed E-state index contributed by atoms with van der Waals surface area (Å²) < 4.78 is 31.9. The van der Waals surface area contributed by atoms with Crippen LogP contribution in [0.1, 0.15) is 0 Å². The van der Waals surface area contributed by atoms with Crippen LogP contribution in [0.3, 0.4) is 0 Å². The third kappa shape index (κ3) is 1.88. The Bertz CT molecular complexity index is 146. The second-order valence-electron chi connectivity index (χ2n) is 1.61. The Morgan fingerprint density at radius 3 is 1.78 bits per heavy atom. The molecule has 0 aliphatic heterocycles. The summed E-state index contributed by atoms with van der Waals surface area (Å²) in [6, 6.07) is 0.983. The van der Waals surface area contributed by atoms with Crippen molar-refractivity contribution in [2.75, 3.05) is 0 Å². The number of hydrogen-bond acceptors (Lipinski definition) is 1. The van der Waals surface area contributed by atoms with Crippen LogP contribution in [0.5, 0.6) is 0 Å². The first-order valence-electron chi connectivity index (χ1n) is 1.98. The zero-order valence-electron chi connectivity index (χ0n) is 4.46. The van der Waals surface area contributed by atoms with E-state index >= 15 is 0 Å². The van der Waals surface area contributed by atoms with Crippen LogP contribution in [0.4, 0.5) is 13.2 Å². The molecule has 0 saturated carbocycles. The largest absolute Gasteiger partial charge is 0.416 e. The van der Waals surface area contributed by atoms with Crippen molar-refractivity contribution >= 4 is 21.8 Å². The van der Waals surface area contributed by atoms with E-state index in [9.17, 15) is 13.2 Å². The minimum Gasteiger partial charge on any atom is -0.196 e. The third-order valence-electron chi connectivity index (χ3n) is 0.742. The number of nitriles is 1. The van der Waals surface area contributed by atoms with Gasteiger partial charge in [-0.1, -0.05) is 11.6 Å². The fraction of sp³-hybridized carbons (Fsp3) is 0.667. The van der Waals surface area contributed by atoms with Crippen molar-refractivity contribution in [2.24, 2.45) is 0 Å². The standard InChI is InChI=1S/C3H3ClF3NSi/c4-2(9,1-8)3(5,6)7/h9H3. The first-order chi connectivity index (χ1) is 3.81. The number of alkyl halides is 4. The van der Waals surface area contributed by atoms with Gasteiger partial charge in [0.05, 0.1) is 16.3 Å². The highest BCUT2D eigenvalue weighted by Gasteiger charge is 2.50. The summed E-state index contributed by atoms with van der Waals surface area (Å²) >= 11 is 4.77. The lowest BCUT2D eigenvalue weighted by Gasteiger charge is -2.16. The van der Waals surface area contributed by atoms with E-state index in [0.717, 1.165) is 6.07 Å². The van der Waals surface area contributed by atoms with Gasteiger partial charge in [-0.2, -0.15) is 18.4 Å². The van der Waals surface area contributed by atoms with Crippen molar-refractivity contribution in [3.63, 3.8) is 0 Å². The molecule has 0 saturated heterocycles. The van der Waals surface area contributed by atoms with E-state index in [1.54, 1.807) is 0 Å². The molecule has 0 spiro atoms. The quantitative estimate of drug-likeness (QED) is 0.384. The molecule has 52 valence electrons. The van der Waals surface area contributed by atoms with E-state index in [-0.39, 0.29) is 0 Å². The fourth-order valence-corrected chi connectivity index (χ4v) is 0.0634. The van der Waals surface area contributed by atoms with Crippen LogP contribution in [0.25, 0.3) is 0 Å². The molecule has 0 aromatic heterocycles. The summed E-state index contributed by atoms with van der Waals surface area (Å²) in [4.78, 5) is 0. The molecule has 0 fully saturated rings. The number of halogens is 4. The predicted octanol–water partition coefficient (Wildman–Crippen LogP) is 0.373. The SMILES string of the molecule is N#CC([SiH3])(Cl)C(F)(F)F. The Morgan fingerprint density at radius 1 is 1.44 bits per heavy atom. The molecule has 1 atom stereocenters. The molecule has 1 unspecified atom stereocenters. The van der Waals surface area contributed by atoms with Crippen LogP contribution in [0.15, 0.2) is 0 Å². The van der Waals surface area contributed by atoms with Crippen molar-refractivity contribution in [3.05, 3.63) is 0 Å². The molecule has 0 N–H and O–H groups in total. The molecular formula is C3H3ClF3NSi. The van der Waals surface area contributed by atoms with Gasteiger partial charge in [0.1, 0.15) is 0 Å². The Balaban J connectivity index is 4.39. The Kier molecular flexibility index (Phi) is 2.14. The van der Waals surface area contributed by atoms with Gasteiger partial charge in [-0.25, -0.2) is 0 Å². The highest BCUT2D eigenvalue weighted by molar-refractivity contribution is 6.47. The van der Waals surface area contributed by atoms with Crippen molar-refractivity contribution in [1.82, 2.24) is 0 Å². The van der Waals surface area contributed by atoms with Crippen LogP contribution in [0, 0.1) is 11.3 Å². The summed E-state index contributed by atoms with van der Waals surface area (Å²) in [5.74, 6) is 0. The third-order valence-corrected chi connectivity index (χ3v) is 1.83. The van der Waals surface area contributed by atoms with Gasteiger partial charge >= 0.3 is 6.18 Å². The monoisotopic (exact) mass is 173 g/mol. The molecule has 6 heteroatoms. The Hall–Kier alpha value is -0.213. The number of rotatable bonds is 0. The van der Waals surface area contributed by atoms with Crippen LogP contribution < -0.4 is 0 Å². The van der Waals surface area contributed by atoms with E-state index < -0.39 is 20.9 Å². The van der Waals surface area contributed by atoms with Gasteiger partial charge in [-0.3, -0.25) is 0 Å². The maximum Gasteiger partial charge on any atom is 0.416 e. The minimum absolute atomic E-state index is 0.413. The lowest BCUT2D eigenvalue weighted by Crippen LogP contribution is -2.38. The molecule has 0 aromatic rings. The van der Waals surface area contributed by atoms with Crippen molar-refractivity contribution in [1.29, 1.82) is 5.26 Å². The van der Waals surface area contributed by atoms with Crippen LogP contribution in [0.2, 0.25) is 0 Å². The summed E-state index contributed by atoms with van der Waals surface area (Å²) in [6.45, 7) is 0. The zero-order chi connectivity index (χ0) is 7.71. The van der Waals surface area contributed by atoms with Crippen LogP contribution in [-0.4, -0.2) is 20.9 Å². The van der Waals surface area contributed by atoms with Crippen LogP contribution >= 0.6 is 11.6 Å². The van der Waals surface area contributed by atoms with Crippen molar-refractivity contribution in [2.45, 2.75) is 10.7 Å². The maximum absolute atomic E-state index is 11.5. The molecule has 0 aromatic carbocycles. The minimum atomic E-state index is -4.59.